The van der Waals surface area contributed by atoms with Crippen LogP contribution in [0.25, 0.3) is 0 Å². The Bertz CT molecular complexity index is 984. The number of alkyl halides is 3. The van der Waals surface area contributed by atoms with E-state index in [1.807, 2.05) is 0 Å². The monoisotopic (exact) mass is 500 g/mol. The van der Waals surface area contributed by atoms with Gasteiger partial charge in [0.2, 0.25) is 5.12 Å². The zero-order valence-corrected chi connectivity index (χ0v) is 20.6. The van der Waals surface area contributed by atoms with Crippen molar-refractivity contribution in [2.75, 3.05) is 6.01 Å². The van der Waals surface area contributed by atoms with Gasteiger partial charge in [-0.3, -0.25) is 14.4 Å². The second-order valence-electron chi connectivity index (χ2n) is 10.6. The van der Waals surface area contributed by atoms with E-state index >= 15 is 8.78 Å². The summed E-state index contributed by atoms with van der Waals surface area (Å²) in [6, 6.07) is -1.02. The predicted molar refractivity (Wildman–Crippen MR) is 121 cm³/mol. The number of thioether (sulfide) groups is 1. The summed E-state index contributed by atoms with van der Waals surface area (Å²) in [5, 5.41) is 10.7. The number of rotatable bonds is 4. The molecule has 0 bridgehead atoms. The summed E-state index contributed by atoms with van der Waals surface area (Å²) in [4.78, 5) is 37.8. The molecule has 188 valence electrons. The van der Waals surface area contributed by atoms with E-state index in [-0.39, 0.29) is 31.3 Å². The van der Waals surface area contributed by atoms with Crippen LogP contribution in [0.5, 0.6) is 0 Å². The van der Waals surface area contributed by atoms with E-state index in [0.29, 0.717) is 11.8 Å². The third-order valence-corrected chi connectivity index (χ3v) is 9.90. The van der Waals surface area contributed by atoms with Crippen LogP contribution in [-0.2, 0) is 19.1 Å². The van der Waals surface area contributed by atoms with Gasteiger partial charge in [0.25, 0.3) is 0 Å². The molecule has 5 nitrogen and oxygen atoms in total. The van der Waals surface area contributed by atoms with Crippen molar-refractivity contribution in [1.82, 2.24) is 0 Å². The normalized spacial score (nSPS) is 47.4. The van der Waals surface area contributed by atoms with Crippen molar-refractivity contribution in [2.45, 2.75) is 76.9 Å². The number of carbonyl (C=O) groups excluding carboxylic acids is 3. The van der Waals surface area contributed by atoms with E-state index in [2.05, 4.69) is 0 Å². The lowest BCUT2D eigenvalue weighted by Gasteiger charge is -2.63. The Morgan fingerprint density at radius 3 is 2.56 bits per heavy atom. The zero-order chi connectivity index (χ0) is 25.3. The summed E-state index contributed by atoms with van der Waals surface area (Å²) in [5.74, 6) is -3.30. The summed E-state index contributed by atoms with van der Waals surface area (Å²) in [5.41, 5.74) is -6.84. The Labute approximate surface area is 201 Å². The summed E-state index contributed by atoms with van der Waals surface area (Å²) in [7, 11) is 0. The molecule has 0 aromatic carbocycles. The molecule has 0 aliphatic heterocycles. The molecule has 0 radical (unpaired) electrons. The van der Waals surface area contributed by atoms with Crippen molar-refractivity contribution in [3.8, 4) is 0 Å². The van der Waals surface area contributed by atoms with Crippen molar-refractivity contribution in [3.05, 3.63) is 23.8 Å². The Morgan fingerprint density at radius 2 is 1.94 bits per heavy atom. The highest BCUT2D eigenvalue weighted by molar-refractivity contribution is 8.13. The van der Waals surface area contributed by atoms with Crippen LogP contribution in [0.2, 0.25) is 0 Å². The first kappa shape index (κ1) is 25.5. The van der Waals surface area contributed by atoms with Crippen LogP contribution in [0.1, 0.15) is 53.4 Å². The van der Waals surface area contributed by atoms with Crippen LogP contribution in [-0.4, -0.2) is 51.5 Å². The Hall–Kier alpha value is -1.61. The third-order valence-electron chi connectivity index (χ3n) is 9.22. The molecule has 4 aliphatic carbocycles. The van der Waals surface area contributed by atoms with E-state index in [1.54, 1.807) is 20.8 Å². The molecule has 0 aromatic rings. The van der Waals surface area contributed by atoms with Gasteiger partial charge >= 0.3 is 5.97 Å². The zero-order valence-electron chi connectivity index (χ0n) is 19.8. The highest BCUT2D eigenvalue weighted by atomic mass is 32.2. The smallest absolute Gasteiger partial charge is 0.306 e. The molecular formula is C25H31F3O5S. The predicted octanol–water partition coefficient (Wildman–Crippen LogP) is 4.43. The molecule has 9 heteroatoms. The number of ether oxygens (including phenoxy) is 1. The lowest BCUT2D eigenvalue weighted by Crippen LogP contribution is -2.70. The maximum Gasteiger partial charge on any atom is 0.306 e. The minimum absolute atomic E-state index is 0.0141. The van der Waals surface area contributed by atoms with Gasteiger partial charge in [0.15, 0.2) is 17.1 Å². The van der Waals surface area contributed by atoms with Crippen LogP contribution in [0.4, 0.5) is 13.2 Å². The molecule has 3 fully saturated rings. The number of hydrogen-bond acceptors (Lipinski definition) is 6. The molecule has 1 unspecified atom stereocenters. The fourth-order valence-corrected chi connectivity index (χ4v) is 8.42. The van der Waals surface area contributed by atoms with Crippen molar-refractivity contribution < 1.29 is 37.4 Å². The quantitative estimate of drug-likeness (QED) is 0.576. The van der Waals surface area contributed by atoms with Gasteiger partial charge in [0, 0.05) is 29.1 Å². The number of halogens is 3. The van der Waals surface area contributed by atoms with Crippen molar-refractivity contribution in [3.63, 3.8) is 0 Å². The highest BCUT2D eigenvalue weighted by Gasteiger charge is 2.78. The molecule has 3 saturated carbocycles. The van der Waals surface area contributed by atoms with Gasteiger partial charge in [-0.2, -0.15) is 0 Å². The minimum atomic E-state index is -2.30. The summed E-state index contributed by atoms with van der Waals surface area (Å²) in [6.45, 7) is 6.45. The van der Waals surface area contributed by atoms with Gasteiger partial charge < -0.3 is 9.84 Å². The average molecular weight is 501 g/mol. The van der Waals surface area contributed by atoms with Crippen LogP contribution in [0.15, 0.2) is 23.8 Å². The topological polar surface area (TPSA) is 80.7 Å². The largest absolute Gasteiger partial charge is 0.449 e. The SMILES string of the molecule is CCC(=O)O[C@@]1(C(=O)SCF)[C@@H](C)C[C@@H]2[C@@H]3C[C@@H](F)C4=CC(=O)C=C[C@]4(C)[C@]3(F)[C@@H](O)CC21C. The number of fused-ring (bicyclic) bond motifs is 5. The number of hydrogen-bond donors (Lipinski definition) is 1. The number of carbonyl (C=O) groups is 3. The Balaban J connectivity index is 1.87. The second-order valence-corrected chi connectivity index (χ2v) is 11.5. The van der Waals surface area contributed by atoms with Crippen LogP contribution < -0.4 is 0 Å². The van der Waals surface area contributed by atoms with E-state index < -0.39 is 75.0 Å². The molecule has 34 heavy (non-hydrogen) atoms. The lowest BCUT2D eigenvalue weighted by atomic mass is 9.44. The van der Waals surface area contributed by atoms with Crippen molar-refractivity contribution >= 4 is 28.6 Å². The first-order chi connectivity index (χ1) is 15.8. The number of allylic oxidation sites excluding steroid dienone is 4. The lowest BCUT2D eigenvalue weighted by molar-refractivity contribution is -0.228. The molecule has 4 rings (SSSR count). The summed E-state index contributed by atoms with van der Waals surface area (Å²) >= 11 is 0.396. The molecule has 4 aliphatic rings. The van der Waals surface area contributed by atoms with Gasteiger partial charge in [-0.1, -0.05) is 26.8 Å². The highest BCUT2D eigenvalue weighted by Crippen LogP contribution is 2.72. The third kappa shape index (κ3) is 3.01. The number of aliphatic hydroxyl groups is 1. The maximum atomic E-state index is 17.2. The number of esters is 1. The molecule has 0 saturated heterocycles. The Kier molecular flexibility index (Phi) is 6.16. The first-order valence-corrected chi connectivity index (χ1v) is 12.7. The fraction of sp³-hybridized carbons (Fsp3) is 0.720. The molecule has 0 heterocycles. The molecule has 0 aromatic heterocycles. The molecular weight excluding hydrogens is 469 g/mol. The fourth-order valence-electron chi connectivity index (χ4n) is 7.63. The van der Waals surface area contributed by atoms with E-state index in [1.165, 1.54) is 19.1 Å². The maximum absolute atomic E-state index is 17.2. The number of aliphatic hydroxyl groups excluding tert-OH is 1. The van der Waals surface area contributed by atoms with Crippen LogP contribution in [0, 0.1) is 28.6 Å². The molecule has 0 spiro atoms. The van der Waals surface area contributed by atoms with Gasteiger partial charge in [-0.25, -0.2) is 13.2 Å². The average Bonchev–Trinajstić information content (AvgIpc) is 2.99. The minimum Gasteiger partial charge on any atom is -0.449 e. The van der Waals surface area contributed by atoms with Gasteiger partial charge in [0.05, 0.1) is 6.10 Å². The first-order valence-electron chi connectivity index (χ1n) is 11.7. The summed E-state index contributed by atoms with van der Waals surface area (Å²) < 4.78 is 51.8. The molecule has 1 N–H and O–H groups in total. The van der Waals surface area contributed by atoms with Gasteiger partial charge in [0.1, 0.15) is 12.2 Å². The van der Waals surface area contributed by atoms with E-state index in [0.717, 1.165) is 6.08 Å². The van der Waals surface area contributed by atoms with Crippen LogP contribution >= 0.6 is 11.8 Å². The van der Waals surface area contributed by atoms with E-state index in [9.17, 15) is 23.9 Å². The second kappa shape index (κ2) is 8.22. The van der Waals surface area contributed by atoms with Crippen molar-refractivity contribution in [1.29, 1.82) is 0 Å². The number of ketones is 1. The molecule has 0 amide bonds. The Morgan fingerprint density at radius 1 is 1.26 bits per heavy atom. The van der Waals surface area contributed by atoms with Gasteiger partial charge in [-0.15, -0.1) is 0 Å². The van der Waals surface area contributed by atoms with E-state index in [4.69, 9.17) is 4.74 Å². The molecule has 9 atom stereocenters. The summed E-state index contributed by atoms with van der Waals surface area (Å²) in [6.07, 6.45) is 0.160. The van der Waals surface area contributed by atoms with Crippen LogP contribution in [0.3, 0.4) is 0 Å². The van der Waals surface area contributed by atoms with Gasteiger partial charge in [-0.05, 0) is 61.6 Å². The standard InChI is InChI=1S/C25H31F3O5S/c1-5-20(31)33-25(21(32)34-12-26)13(2)8-15-16-10-18(27)17-9-14(29)6-7-22(17,3)24(16,28)19(30)11-23(15,25)4/h6-7,9,13,15-16,18-19,30H,5,8,10-12H2,1-4H3/t13-,15+,16-,18+,19-,22-,23?,24+,25+/m0/s1. The van der Waals surface area contributed by atoms with Crippen molar-refractivity contribution in [2.24, 2.45) is 28.6 Å².